The first kappa shape index (κ1) is 11.7. The van der Waals surface area contributed by atoms with Crippen LogP contribution in [0.2, 0.25) is 0 Å². The molecule has 0 radical (unpaired) electrons. The van der Waals surface area contributed by atoms with Crippen LogP contribution in [0.15, 0.2) is 34.6 Å². The van der Waals surface area contributed by atoms with Gasteiger partial charge in [0.05, 0.1) is 7.11 Å². The molecule has 0 amide bonds. The molecule has 0 spiro atoms. The van der Waals surface area contributed by atoms with Crippen molar-refractivity contribution in [2.75, 3.05) is 7.11 Å². The minimum atomic E-state index is -0.658. The van der Waals surface area contributed by atoms with Gasteiger partial charge in [-0.25, -0.2) is 13.6 Å². The lowest BCUT2D eigenvalue weighted by Crippen LogP contribution is -1.92. The summed E-state index contributed by atoms with van der Waals surface area (Å²) < 4.78 is 29.9. The van der Waals surface area contributed by atoms with Gasteiger partial charge in [-0.2, -0.15) is 0 Å². The summed E-state index contributed by atoms with van der Waals surface area (Å²) in [5.74, 6) is -1.81. The van der Waals surface area contributed by atoms with E-state index in [1.165, 1.54) is 18.6 Å². The van der Waals surface area contributed by atoms with Gasteiger partial charge in [-0.1, -0.05) is 11.8 Å². The fourth-order valence-electron chi connectivity index (χ4n) is 0.802. The van der Waals surface area contributed by atoms with E-state index in [1.54, 1.807) is 0 Å². The number of hydrogen-bond acceptors (Lipinski definition) is 3. The average molecular weight is 230 g/mol. The molecule has 0 fully saturated rings. The summed E-state index contributed by atoms with van der Waals surface area (Å²) in [5, 5.41) is 1.38. The van der Waals surface area contributed by atoms with Crippen LogP contribution in [0.1, 0.15) is 0 Å². The predicted octanol–water partition coefficient (Wildman–Crippen LogP) is 2.74. The smallest absolute Gasteiger partial charge is 0.330 e. The standard InChI is InChI=1S/C10H8F2O2S/c1-14-10(13)4-5-15-9-3-2-7(11)6-8(9)12/h2-6H,1H3/b5-4+. The number of rotatable bonds is 3. The molecule has 0 heterocycles. The largest absolute Gasteiger partial charge is 0.466 e. The van der Waals surface area contributed by atoms with E-state index in [2.05, 4.69) is 4.74 Å². The molecular formula is C10H8F2O2S. The van der Waals surface area contributed by atoms with Crippen LogP contribution in [-0.4, -0.2) is 13.1 Å². The zero-order valence-corrected chi connectivity index (χ0v) is 8.68. The molecule has 1 aromatic carbocycles. The zero-order chi connectivity index (χ0) is 11.3. The fourth-order valence-corrected chi connectivity index (χ4v) is 1.45. The molecule has 1 aromatic rings. The summed E-state index contributed by atoms with van der Waals surface area (Å²) in [4.78, 5) is 10.9. The number of hydrogen-bond donors (Lipinski definition) is 0. The molecule has 0 aliphatic carbocycles. The summed E-state index contributed by atoms with van der Waals surface area (Å²) in [5.41, 5.74) is 0. The van der Waals surface area contributed by atoms with E-state index in [1.807, 2.05) is 0 Å². The highest BCUT2D eigenvalue weighted by molar-refractivity contribution is 8.02. The first-order valence-corrected chi connectivity index (χ1v) is 4.87. The Bertz CT molecular complexity index is 391. The molecule has 2 nitrogen and oxygen atoms in total. The number of carbonyl (C=O) groups is 1. The molecule has 0 aromatic heterocycles. The number of ether oxygens (including phenoxy) is 1. The van der Waals surface area contributed by atoms with Gasteiger partial charge in [0.2, 0.25) is 0 Å². The lowest BCUT2D eigenvalue weighted by molar-refractivity contribution is -0.134. The molecule has 15 heavy (non-hydrogen) atoms. The van der Waals surface area contributed by atoms with Crippen molar-refractivity contribution in [3.05, 3.63) is 41.3 Å². The van der Waals surface area contributed by atoms with Crippen LogP contribution in [-0.2, 0) is 9.53 Å². The van der Waals surface area contributed by atoms with Crippen LogP contribution in [0.5, 0.6) is 0 Å². The van der Waals surface area contributed by atoms with E-state index in [-0.39, 0.29) is 4.90 Å². The van der Waals surface area contributed by atoms with Gasteiger partial charge in [-0.3, -0.25) is 0 Å². The summed E-state index contributed by atoms with van der Waals surface area (Å²) in [7, 11) is 1.25. The highest BCUT2D eigenvalue weighted by Crippen LogP contribution is 2.23. The molecule has 80 valence electrons. The molecular weight excluding hydrogens is 222 g/mol. The third-order valence-corrected chi connectivity index (χ3v) is 2.35. The minimum absolute atomic E-state index is 0.247. The third kappa shape index (κ3) is 3.71. The molecule has 0 unspecified atom stereocenters. The lowest BCUT2D eigenvalue weighted by Gasteiger charge is -1.98. The zero-order valence-electron chi connectivity index (χ0n) is 7.87. The van der Waals surface area contributed by atoms with Crippen LogP contribution in [0.25, 0.3) is 0 Å². The molecule has 0 saturated heterocycles. The van der Waals surface area contributed by atoms with Crippen LogP contribution in [0.4, 0.5) is 8.78 Å². The van der Waals surface area contributed by atoms with Gasteiger partial charge >= 0.3 is 5.97 Å². The Balaban J connectivity index is 2.65. The van der Waals surface area contributed by atoms with Crippen molar-refractivity contribution in [1.82, 2.24) is 0 Å². The first-order valence-electron chi connectivity index (χ1n) is 3.99. The summed E-state index contributed by atoms with van der Waals surface area (Å²) in [6.45, 7) is 0. The minimum Gasteiger partial charge on any atom is -0.466 e. The maximum Gasteiger partial charge on any atom is 0.330 e. The summed E-state index contributed by atoms with van der Waals surface area (Å²) >= 11 is 0.976. The van der Waals surface area contributed by atoms with Crippen molar-refractivity contribution in [2.45, 2.75) is 4.90 Å². The molecule has 1 rings (SSSR count). The second-order valence-electron chi connectivity index (χ2n) is 2.52. The Morgan fingerprint density at radius 3 is 2.80 bits per heavy atom. The summed E-state index contributed by atoms with van der Waals surface area (Å²) in [6.07, 6.45) is 1.16. The number of esters is 1. The molecule has 5 heteroatoms. The average Bonchev–Trinajstić information content (AvgIpc) is 2.21. The van der Waals surface area contributed by atoms with Gasteiger partial charge < -0.3 is 4.74 Å². The Kier molecular flexibility index (Phi) is 4.30. The van der Waals surface area contributed by atoms with E-state index in [9.17, 15) is 13.6 Å². The fraction of sp³-hybridized carbons (Fsp3) is 0.100. The first-order chi connectivity index (χ1) is 7.13. The predicted molar refractivity (Wildman–Crippen MR) is 53.4 cm³/mol. The van der Waals surface area contributed by atoms with Crippen molar-refractivity contribution < 1.29 is 18.3 Å². The van der Waals surface area contributed by atoms with Gasteiger partial charge in [0.15, 0.2) is 0 Å². The van der Waals surface area contributed by atoms with Crippen LogP contribution in [0.3, 0.4) is 0 Å². The van der Waals surface area contributed by atoms with Gasteiger partial charge in [0, 0.05) is 17.0 Å². The Hall–Kier alpha value is -1.36. The number of carbonyl (C=O) groups excluding carboxylic acids is 1. The van der Waals surface area contributed by atoms with Crippen molar-refractivity contribution in [2.24, 2.45) is 0 Å². The second-order valence-corrected chi connectivity index (χ2v) is 3.47. The SMILES string of the molecule is COC(=O)/C=C/Sc1ccc(F)cc1F. The number of benzene rings is 1. The van der Waals surface area contributed by atoms with Crippen molar-refractivity contribution in [3.63, 3.8) is 0 Å². The van der Waals surface area contributed by atoms with E-state index >= 15 is 0 Å². The van der Waals surface area contributed by atoms with E-state index < -0.39 is 17.6 Å². The second kappa shape index (κ2) is 5.50. The topological polar surface area (TPSA) is 26.3 Å². The normalized spacial score (nSPS) is 10.6. The third-order valence-electron chi connectivity index (χ3n) is 1.49. The van der Waals surface area contributed by atoms with Gasteiger partial charge in [0.25, 0.3) is 0 Å². The van der Waals surface area contributed by atoms with Gasteiger partial charge in [-0.05, 0) is 17.5 Å². The van der Waals surface area contributed by atoms with Gasteiger partial charge in [-0.15, -0.1) is 0 Å². The maximum absolute atomic E-state index is 13.0. The Morgan fingerprint density at radius 2 is 2.20 bits per heavy atom. The number of methoxy groups -OCH3 is 1. The quantitative estimate of drug-likeness (QED) is 0.453. The number of thioether (sulfide) groups is 1. The van der Waals surface area contributed by atoms with Crippen molar-refractivity contribution >= 4 is 17.7 Å². The molecule has 0 atom stereocenters. The number of halogens is 2. The lowest BCUT2D eigenvalue weighted by atomic mass is 10.3. The highest BCUT2D eigenvalue weighted by atomic mass is 32.2. The molecule has 0 aliphatic rings. The van der Waals surface area contributed by atoms with E-state index in [0.29, 0.717) is 0 Å². The molecule has 0 saturated carbocycles. The molecule has 0 bridgehead atoms. The summed E-state index contributed by atoms with van der Waals surface area (Å²) in [6, 6.07) is 3.24. The Labute approximate surface area is 89.9 Å². The Morgan fingerprint density at radius 1 is 1.47 bits per heavy atom. The van der Waals surface area contributed by atoms with Crippen molar-refractivity contribution in [1.29, 1.82) is 0 Å². The maximum atomic E-state index is 13.0. The monoisotopic (exact) mass is 230 g/mol. The van der Waals surface area contributed by atoms with Gasteiger partial charge in [0.1, 0.15) is 11.6 Å². The molecule has 0 N–H and O–H groups in total. The van der Waals surface area contributed by atoms with E-state index in [4.69, 9.17) is 0 Å². The molecule has 0 aliphatic heterocycles. The van der Waals surface area contributed by atoms with Crippen LogP contribution >= 0.6 is 11.8 Å². The van der Waals surface area contributed by atoms with Crippen molar-refractivity contribution in [3.8, 4) is 0 Å². The van der Waals surface area contributed by atoms with Crippen LogP contribution in [0, 0.1) is 11.6 Å². The van der Waals surface area contributed by atoms with E-state index in [0.717, 1.165) is 30.0 Å². The van der Waals surface area contributed by atoms with Crippen LogP contribution < -0.4 is 0 Å². The highest BCUT2D eigenvalue weighted by Gasteiger charge is 2.02.